The van der Waals surface area contributed by atoms with Gasteiger partial charge in [0.2, 0.25) is 0 Å². The Bertz CT molecular complexity index is 1540. The first-order chi connectivity index (χ1) is 14.8. The lowest BCUT2D eigenvalue weighted by Gasteiger charge is -2.08. The van der Waals surface area contributed by atoms with Crippen LogP contribution in [0.25, 0.3) is 5.69 Å². The Hall–Kier alpha value is -3.86. The number of nitrogens with one attached hydrogen (secondary N) is 1. The van der Waals surface area contributed by atoms with E-state index in [1.807, 2.05) is 0 Å². The van der Waals surface area contributed by atoms with Gasteiger partial charge in [-0.1, -0.05) is 12.1 Å². The molecule has 0 aliphatic heterocycles. The van der Waals surface area contributed by atoms with Crippen molar-refractivity contribution in [1.29, 1.82) is 0 Å². The minimum Gasteiger partial charge on any atom is -0.476 e. The number of nitrogen functional groups attached to an aromatic ring is 1. The number of carboxylic acid groups (broad SMARTS) is 1. The zero-order valence-electron chi connectivity index (χ0n) is 15.6. The summed E-state index contributed by atoms with van der Waals surface area (Å²) in [5, 5.41) is 18.6. The third kappa shape index (κ3) is 4.42. The van der Waals surface area contributed by atoms with Gasteiger partial charge in [0.05, 0.1) is 5.69 Å². The van der Waals surface area contributed by atoms with Gasteiger partial charge in [-0.2, -0.15) is 16.8 Å². The van der Waals surface area contributed by atoms with Gasteiger partial charge in [0.25, 0.3) is 25.8 Å². The number of aromatic nitrogens is 2. The van der Waals surface area contributed by atoms with Crippen LogP contribution in [0, 0.1) is 0 Å². The normalized spacial score (nSPS) is 12.3. The molecule has 0 bridgehead atoms. The Labute approximate surface area is 179 Å². The van der Waals surface area contributed by atoms with Crippen LogP contribution >= 0.6 is 0 Å². The molecule has 14 nitrogen and oxygen atoms in total. The largest absolute Gasteiger partial charge is 0.476 e. The molecule has 0 saturated carbocycles. The predicted octanol–water partition coefficient (Wildman–Crippen LogP) is 1.35. The van der Waals surface area contributed by atoms with Crippen molar-refractivity contribution in [2.24, 2.45) is 10.2 Å². The number of aromatic amines is 1. The van der Waals surface area contributed by atoms with Gasteiger partial charge in [0, 0.05) is 5.69 Å². The van der Waals surface area contributed by atoms with Crippen molar-refractivity contribution in [3.8, 4) is 5.69 Å². The number of nitrogens with two attached hydrogens (primary N) is 1. The summed E-state index contributed by atoms with van der Waals surface area (Å²) in [5.74, 6) is -1.68. The fourth-order valence-corrected chi connectivity index (χ4v) is 3.96. The predicted molar refractivity (Wildman–Crippen MR) is 108 cm³/mol. The summed E-state index contributed by atoms with van der Waals surface area (Å²) in [6.07, 6.45) is 0. The van der Waals surface area contributed by atoms with Gasteiger partial charge in [0.1, 0.15) is 15.5 Å². The van der Waals surface area contributed by atoms with Gasteiger partial charge < -0.3 is 10.8 Å². The zero-order valence-corrected chi connectivity index (χ0v) is 17.2. The molecule has 16 heteroatoms. The average molecular weight is 483 g/mol. The summed E-state index contributed by atoms with van der Waals surface area (Å²) in [6.45, 7) is 0. The smallest absolute Gasteiger partial charge is 0.356 e. The molecular formula is C16H13N5O9S2. The average Bonchev–Trinajstić information content (AvgIpc) is 3.02. The van der Waals surface area contributed by atoms with Crippen molar-refractivity contribution < 1.29 is 35.8 Å². The summed E-state index contributed by atoms with van der Waals surface area (Å²) < 4.78 is 65.5. The number of anilines is 1. The molecule has 0 amide bonds. The van der Waals surface area contributed by atoms with Crippen molar-refractivity contribution in [3.05, 3.63) is 58.5 Å². The van der Waals surface area contributed by atoms with E-state index in [1.165, 1.54) is 18.2 Å². The molecule has 0 aliphatic carbocycles. The second kappa shape index (κ2) is 8.00. The second-order valence-electron chi connectivity index (χ2n) is 6.13. The first-order valence-electron chi connectivity index (χ1n) is 8.24. The van der Waals surface area contributed by atoms with Crippen LogP contribution in [0.1, 0.15) is 10.5 Å². The third-order valence-corrected chi connectivity index (χ3v) is 5.77. The molecule has 0 atom stereocenters. The highest BCUT2D eigenvalue weighted by molar-refractivity contribution is 7.86. The Morgan fingerprint density at radius 2 is 1.59 bits per heavy atom. The van der Waals surface area contributed by atoms with E-state index in [4.69, 9.17) is 5.73 Å². The summed E-state index contributed by atoms with van der Waals surface area (Å²) in [4.78, 5) is 22.9. The summed E-state index contributed by atoms with van der Waals surface area (Å²) in [5.41, 5.74) is 1.76. The molecule has 0 radical (unpaired) electrons. The number of hydrogen-bond donors (Lipinski definition) is 5. The van der Waals surface area contributed by atoms with Crippen LogP contribution in [0.5, 0.6) is 0 Å². The highest BCUT2D eigenvalue weighted by Gasteiger charge is 2.25. The van der Waals surface area contributed by atoms with Crippen LogP contribution in [0.4, 0.5) is 17.1 Å². The van der Waals surface area contributed by atoms with Gasteiger partial charge >= 0.3 is 5.97 Å². The molecule has 32 heavy (non-hydrogen) atoms. The van der Waals surface area contributed by atoms with Crippen LogP contribution < -0.4 is 11.3 Å². The van der Waals surface area contributed by atoms with E-state index in [9.17, 15) is 40.6 Å². The molecular weight excluding hydrogens is 470 g/mol. The quantitative estimate of drug-likeness (QED) is 0.192. The monoisotopic (exact) mass is 483 g/mol. The fraction of sp³-hybridized carbons (Fsp3) is 0. The number of H-pyrrole nitrogens is 1. The molecule has 0 spiro atoms. The van der Waals surface area contributed by atoms with Gasteiger partial charge in [-0.15, -0.1) is 10.2 Å². The highest BCUT2D eigenvalue weighted by Crippen LogP contribution is 2.27. The third-order valence-electron chi connectivity index (χ3n) is 3.98. The van der Waals surface area contributed by atoms with Crippen LogP contribution in [0.2, 0.25) is 0 Å². The van der Waals surface area contributed by atoms with Crippen LogP contribution in [0.3, 0.4) is 0 Å². The van der Waals surface area contributed by atoms with Crippen LogP contribution in [-0.2, 0) is 20.2 Å². The number of azo groups is 1. The molecule has 0 unspecified atom stereocenters. The molecule has 1 aromatic heterocycles. The van der Waals surface area contributed by atoms with Crippen molar-refractivity contribution in [2.75, 3.05) is 5.73 Å². The highest BCUT2D eigenvalue weighted by atomic mass is 32.2. The SMILES string of the molecule is Nc1ccc(-n2[nH]c(C(=O)O)c(N=Nc3ccccc3S(=O)(=O)O)c2=O)c(S(=O)(=O)O)c1. The Kier molecular flexibility index (Phi) is 5.71. The van der Waals surface area contributed by atoms with E-state index in [-0.39, 0.29) is 5.69 Å². The Morgan fingerprint density at radius 1 is 0.969 bits per heavy atom. The zero-order chi connectivity index (χ0) is 23.8. The first-order valence-corrected chi connectivity index (χ1v) is 11.1. The Balaban J connectivity index is 2.25. The van der Waals surface area contributed by atoms with Gasteiger partial charge in [-0.05, 0) is 30.3 Å². The van der Waals surface area contributed by atoms with E-state index in [1.54, 1.807) is 0 Å². The number of rotatable bonds is 6. The molecule has 0 aliphatic rings. The van der Waals surface area contributed by atoms with Crippen molar-refractivity contribution in [3.63, 3.8) is 0 Å². The first kappa shape index (κ1) is 22.8. The lowest BCUT2D eigenvalue weighted by Crippen LogP contribution is -2.17. The van der Waals surface area contributed by atoms with Crippen molar-refractivity contribution in [1.82, 2.24) is 9.78 Å². The maximum atomic E-state index is 12.8. The minimum absolute atomic E-state index is 0.0684. The molecule has 1 heterocycles. The van der Waals surface area contributed by atoms with Crippen LogP contribution in [-0.4, -0.2) is 46.8 Å². The molecule has 3 aromatic rings. The molecule has 0 fully saturated rings. The van der Waals surface area contributed by atoms with Gasteiger partial charge in [-0.25, -0.2) is 9.48 Å². The van der Waals surface area contributed by atoms with E-state index in [2.05, 4.69) is 15.3 Å². The summed E-state index contributed by atoms with van der Waals surface area (Å²) in [7, 11) is -9.58. The van der Waals surface area contributed by atoms with Crippen molar-refractivity contribution >= 4 is 43.3 Å². The topological polar surface area (TPSA) is 235 Å². The van der Waals surface area contributed by atoms with E-state index < -0.39 is 64.3 Å². The molecule has 0 saturated heterocycles. The van der Waals surface area contributed by atoms with E-state index in [0.717, 1.165) is 24.3 Å². The van der Waals surface area contributed by atoms with Crippen molar-refractivity contribution in [2.45, 2.75) is 9.79 Å². The van der Waals surface area contributed by atoms with Gasteiger partial charge in [0.15, 0.2) is 11.4 Å². The maximum Gasteiger partial charge on any atom is 0.356 e. The van der Waals surface area contributed by atoms with E-state index >= 15 is 0 Å². The molecule has 6 N–H and O–H groups in total. The number of carbonyl (C=O) groups is 1. The number of hydrogen-bond acceptors (Lipinski definition) is 9. The standard InChI is InChI=1S/C16H13N5O9S2/c17-8-5-6-10(12(7-8)32(28,29)30)21-15(22)13(14(20-21)16(23)24)19-18-9-3-1-2-4-11(9)31(25,26)27/h1-7,20H,17H2,(H,23,24)(H,25,26,27)(H,28,29,30). The number of nitrogens with zero attached hydrogens (tertiary/aromatic N) is 3. The van der Waals surface area contributed by atoms with E-state index in [0.29, 0.717) is 4.68 Å². The lowest BCUT2D eigenvalue weighted by atomic mass is 10.3. The Morgan fingerprint density at radius 3 is 2.19 bits per heavy atom. The summed E-state index contributed by atoms with van der Waals surface area (Å²) >= 11 is 0. The molecule has 3 rings (SSSR count). The minimum atomic E-state index is -4.88. The van der Waals surface area contributed by atoms with Crippen LogP contribution in [0.15, 0.2) is 67.3 Å². The number of benzene rings is 2. The lowest BCUT2D eigenvalue weighted by molar-refractivity contribution is 0.0690. The number of aromatic carboxylic acids is 1. The summed E-state index contributed by atoms with van der Waals surface area (Å²) in [6, 6.07) is 7.85. The number of carboxylic acids is 1. The van der Waals surface area contributed by atoms with Gasteiger partial charge in [-0.3, -0.25) is 19.0 Å². The second-order valence-corrected chi connectivity index (χ2v) is 8.91. The molecule has 168 valence electrons. The maximum absolute atomic E-state index is 12.8. The molecule has 2 aromatic carbocycles. The fourth-order valence-electron chi connectivity index (χ4n) is 2.62.